The van der Waals surface area contributed by atoms with Crippen LogP contribution >= 0.6 is 12.2 Å². The van der Waals surface area contributed by atoms with Crippen molar-refractivity contribution in [3.63, 3.8) is 0 Å². The first-order valence-corrected chi connectivity index (χ1v) is 6.68. The number of benzene rings is 1. The lowest BCUT2D eigenvalue weighted by Crippen LogP contribution is -2.37. The summed E-state index contributed by atoms with van der Waals surface area (Å²) in [5.41, 5.74) is 7.43. The maximum absolute atomic E-state index is 11.4. The number of fused-ring (bicyclic) bond motifs is 1. The first kappa shape index (κ1) is 14.3. The summed E-state index contributed by atoms with van der Waals surface area (Å²) in [5, 5.41) is 8.07. The van der Waals surface area contributed by atoms with Crippen molar-refractivity contribution in [1.82, 2.24) is 10.2 Å². The van der Waals surface area contributed by atoms with Crippen molar-refractivity contribution in [3.8, 4) is 0 Å². The van der Waals surface area contributed by atoms with E-state index in [9.17, 15) is 4.79 Å². The van der Waals surface area contributed by atoms with Gasteiger partial charge in [0.15, 0.2) is 5.11 Å². The third-order valence-corrected chi connectivity index (χ3v) is 3.07. The molecular weight excluding hydrogens is 276 g/mol. The molecule has 0 saturated heterocycles. The minimum absolute atomic E-state index is 0.216. The van der Waals surface area contributed by atoms with Crippen molar-refractivity contribution in [2.75, 3.05) is 18.1 Å². The number of nitrogens with one attached hydrogen (secondary N) is 1. The average Bonchev–Trinajstić information content (AvgIpc) is 2.86. The van der Waals surface area contributed by atoms with E-state index in [1.165, 1.54) is 0 Å². The lowest BCUT2D eigenvalue weighted by atomic mass is 10.2. The monoisotopic (exact) mass is 292 g/mol. The minimum Gasteiger partial charge on any atom is -0.466 e. The maximum atomic E-state index is 11.4. The molecule has 0 aliphatic rings. The maximum Gasteiger partial charge on any atom is 0.307 e. The van der Waals surface area contributed by atoms with E-state index in [0.717, 1.165) is 16.6 Å². The molecule has 0 unspecified atom stereocenters. The molecule has 6 nitrogen and oxygen atoms in total. The lowest BCUT2D eigenvalue weighted by molar-refractivity contribution is -0.142. The topological polar surface area (TPSA) is 84.2 Å². The van der Waals surface area contributed by atoms with E-state index in [1.807, 2.05) is 18.2 Å². The van der Waals surface area contributed by atoms with Gasteiger partial charge in [-0.05, 0) is 37.3 Å². The molecule has 3 N–H and O–H groups in total. The molecule has 106 valence electrons. The number of hydrogen-bond donors (Lipinski definition) is 2. The molecule has 1 heterocycles. The van der Waals surface area contributed by atoms with Crippen LogP contribution in [0.15, 0.2) is 24.4 Å². The van der Waals surface area contributed by atoms with E-state index in [-0.39, 0.29) is 17.5 Å². The number of hydrogen-bond acceptors (Lipinski definition) is 4. The van der Waals surface area contributed by atoms with Crippen molar-refractivity contribution in [2.24, 2.45) is 5.73 Å². The summed E-state index contributed by atoms with van der Waals surface area (Å²) in [7, 11) is 0. The summed E-state index contributed by atoms with van der Waals surface area (Å²) in [4.78, 5) is 13.1. The molecule has 1 aromatic carbocycles. The third kappa shape index (κ3) is 3.24. The Balaban J connectivity index is 2.15. The van der Waals surface area contributed by atoms with Gasteiger partial charge >= 0.3 is 5.97 Å². The second-order valence-electron chi connectivity index (χ2n) is 4.19. The number of anilines is 1. The van der Waals surface area contributed by atoms with E-state index in [2.05, 4.69) is 10.2 Å². The summed E-state index contributed by atoms with van der Waals surface area (Å²) in [6.07, 6.45) is 1.97. The van der Waals surface area contributed by atoms with Gasteiger partial charge in [-0.1, -0.05) is 0 Å². The molecule has 0 aliphatic carbocycles. The summed E-state index contributed by atoms with van der Waals surface area (Å²) in [6.45, 7) is 2.52. The van der Waals surface area contributed by atoms with Crippen LogP contribution in [0.1, 0.15) is 13.3 Å². The Kier molecular flexibility index (Phi) is 4.52. The van der Waals surface area contributed by atoms with Crippen LogP contribution in [0.2, 0.25) is 0 Å². The molecule has 0 fully saturated rings. The number of rotatable bonds is 5. The zero-order chi connectivity index (χ0) is 14.5. The van der Waals surface area contributed by atoms with Crippen LogP contribution in [0.5, 0.6) is 0 Å². The second kappa shape index (κ2) is 6.33. The van der Waals surface area contributed by atoms with Crippen molar-refractivity contribution in [1.29, 1.82) is 0 Å². The van der Waals surface area contributed by atoms with Gasteiger partial charge in [0.25, 0.3) is 0 Å². The van der Waals surface area contributed by atoms with Gasteiger partial charge in [0, 0.05) is 17.6 Å². The highest BCUT2D eigenvalue weighted by Crippen LogP contribution is 2.20. The van der Waals surface area contributed by atoms with Gasteiger partial charge in [-0.2, -0.15) is 5.10 Å². The third-order valence-electron chi connectivity index (χ3n) is 2.85. The molecule has 2 rings (SSSR count). The fraction of sp³-hybridized carbons (Fsp3) is 0.308. The molecule has 0 saturated carbocycles. The molecule has 0 atom stereocenters. The Morgan fingerprint density at radius 2 is 2.35 bits per heavy atom. The summed E-state index contributed by atoms with van der Waals surface area (Å²) >= 11 is 5.04. The quantitative estimate of drug-likeness (QED) is 0.643. The van der Waals surface area contributed by atoms with Gasteiger partial charge in [-0.3, -0.25) is 9.89 Å². The minimum atomic E-state index is -0.267. The normalized spacial score (nSPS) is 10.4. The van der Waals surface area contributed by atoms with E-state index in [1.54, 1.807) is 18.0 Å². The highest BCUT2D eigenvalue weighted by molar-refractivity contribution is 7.80. The molecular formula is C13H16N4O2S. The molecule has 0 radical (unpaired) electrons. The molecule has 1 aromatic heterocycles. The number of ether oxygens (including phenoxy) is 1. The SMILES string of the molecule is CCOC(=O)CCN(C(N)=S)c1ccc2cn[nH]c2c1. The number of H-pyrrole nitrogens is 1. The summed E-state index contributed by atoms with van der Waals surface area (Å²) in [5.74, 6) is -0.267. The number of esters is 1. The predicted octanol–water partition coefficient (Wildman–Crippen LogP) is 1.57. The van der Waals surface area contributed by atoms with Crippen LogP contribution in [0.3, 0.4) is 0 Å². The van der Waals surface area contributed by atoms with Crippen LogP contribution < -0.4 is 10.6 Å². The van der Waals surface area contributed by atoms with Crippen LogP contribution in [0.25, 0.3) is 10.9 Å². The molecule has 0 amide bonds. The summed E-state index contributed by atoms with van der Waals surface area (Å²) in [6, 6.07) is 5.71. The largest absolute Gasteiger partial charge is 0.466 e. The van der Waals surface area contributed by atoms with E-state index < -0.39 is 0 Å². The van der Waals surface area contributed by atoms with Crippen LogP contribution in [0.4, 0.5) is 5.69 Å². The smallest absolute Gasteiger partial charge is 0.307 e. The van der Waals surface area contributed by atoms with Crippen molar-refractivity contribution >= 4 is 39.9 Å². The van der Waals surface area contributed by atoms with Gasteiger partial charge in [-0.25, -0.2) is 0 Å². The Morgan fingerprint density at radius 1 is 1.55 bits per heavy atom. The van der Waals surface area contributed by atoms with Crippen LogP contribution in [0, 0.1) is 0 Å². The highest BCUT2D eigenvalue weighted by Gasteiger charge is 2.13. The van der Waals surface area contributed by atoms with E-state index >= 15 is 0 Å². The molecule has 0 spiro atoms. The predicted molar refractivity (Wildman–Crippen MR) is 81.5 cm³/mol. The number of aromatic amines is 1. The number of nitrogens with two attached hydrogens (primary N) is 1. The highest BCUT2D eigenvalue weighted by atomic mass is 32.1. The molecule has 20 heavy (non-hydrogen) atoms. The van der Waals surface area contributed by atoms with E-state index in [0.29, 0.717) is 13.2 Å². The van der Waals surface area contributed by atoms with E-state index in [4.69, 9.17) is 22.7 Å². The number of nitrogens with zero attached hydrogens (tertiary/aromatic N) is 2. The van der Waals surface area contributed by atoms with Gasteiger partial charge in [-0.15, -0.1) is 0 Å². The molecule has 0 aliphatic heterocycles. The zero-order valence-electron chi connectivity index (χ0n) is 11.1. The van der Waals surface area contributed by atoms with Gasteiger partial charge < -0.3 is 15.4 Å². The zero-order valence-corrected chi connectivity index (χ0v) is 11.9. The number of carbonyl (C=O) groups is 1. The number of thiocarbonyl (C=S) groups is 1. The Labute approximate surface area is 121 Å². The first-order valence-electron chi connectivity index (χ1n) is 6.27. The fourth-order valence-electron chi connectivity index (χ4n) is 1.90. The molecule has 7 heteroatoms. The average molecular weight is 292 g/mol. The molecule has 2 aromatic rings. The van der Waals surface area contributed by atoms with Crippen LogP contribution in [-0.2, 0) is 9.53 Å². The standard InChI is InChI=1S/C13H16N4O2S/c1-2-19-12(18)5-6-17(13(14)20)10-4-3-9-8-15-16-11(9)7-10/h3-4,7-8H,2,5-6H2,1H3,(H2,14,20)(H,15,16). The number of carbonyl (C=O) groups excluding carboxylic acids is 1. The van der Waals surface area contributed by atoms with Gasteiger partial charge in [0.05, 0.1) is 24.7 Å². The second-order valence-corrected chi connectivity index (χ2v) is 4.60. The fourth-order valence-corrected chi connectivity index (χ4v) is 2.09. The van der Waals surface area contributed by atoms with Crippen molar-refractivity contribution < 1.29 is 9.53 Å². The van der Waals surface area contributed by atoms with Crippen LogP contribution in [-0.4, -0.2) is 34.4 Å². The number of aromatic nitrogens is 2. The lowest BCUT2D eigenvalue weighted by Gasteiger charge is -2.22. The van der Waals surface area contributed by atoms with Crippen molar-refractivity contribution in [2.45, 2.75) is 13.3 Å². The Hall–Kier alpha value is -2.15. The molecule has 0 bridgehead atoms. The Bertz CT molecular complexity index is 626. The first-order chi connectivity index (χ1) is 9.61. The Morgan fingerprint density at radius 3 is 3.05 bits per heavy atom. The van der Waals surface area contributed by atoms with Crippen molar-refractivity contribution in [3.05, 3.63) is 24.4 Å². The summed E-state index contributed by atoms with van der Waals surface area (Å²) < 4.78 is 4.90. The van der Waals surface area contributed by atoms with Gasteiger partial charge in [0.2, 0.25) is 0 Å². The van der Waals surface area contributed by atoms with Gasteiger partial charge in [0.1, 0.15) is 0 Å².